The van der Waals surface area contributed by atoms with Crippen molar-refractivity contribution in [2.45, 2.75) is 44.6 Å². The Kier molecular flexibility index (Phi) is 6.71. The van der Waals surface area contributed by atoms with Crippen molar-refractivity contribution in [3.05, 3.63) is 35.9 Å². The Balaban J connectivity index is 0.00000176. The van der Waals surface area contributed by atoms with E-state index in [0.29, 0.717) is 18.5 Å². The Morgan fingerprint density at radius 3 is 2.68 bits per heavy atom. The van der Waals surface area contributed by atoms with Crippen molar-refractivity contribution in [2.24, 2.45) is 5.92 Å². The van der Waals surface area contributed by atoms with Crippen LogP contribution in [0.15, 0.2) is 30.3 Å². The van der Waals surface area contributed by atoms with Crippen molar-refractivity contribution in [3.63, 3.8) is 0 Å². The number of rotatable bonds is 7. The number of likely N-dealkylation sites (tertiary alicyclic amines) is 1. The van der Waals surface area contributed by atoms with Gasteiger partial charge in [-0.05, 0) is 56.6 Å². The summed E-state index contributed by atoms with van der Waals surface area (Å²) in [6.45, 7) is 2.50. The fraction of sp³-hybridized carbons (Fsp3) is 0.611. The zero-order valence-electron chi connectivity index (χ0n) is 13.2. The minimum Gasteiger partial charge on any atom is -0.339 e. The molecule has 1 atom stereocenters. The van der Waals surface area contributed by atoms with Crippen molar-refractivity contribution in [3.8, 4) is 0 Å². The minimum atomic E-state index is 0. The largest absolute Gasteiger partial charge is 0.339 e. The molecule has 4 heteroatoms. The van der Waals surface area contributed by atoms with Gasteiger partial charge in [0.25, 0.3) is 0 Å². The molecule has 22 heavy (non-hydrogen) atoms. The van der Waals surface area contributed by atoms with E-state index in [1.54, 1.807) is 0 Å². The van der Waals surface area contributed by atoms with Gasteiger partial charge in [0.1, 0.15) is 0 Å². The third-order valence-electron chi connectivity index (χ3n) is 4.71. The van der Waals surface area contributed by atoms with Gasteiger partial charge < -0.3 is 10.2 Å². The predicted molar refractivity (Wildman–Crippen MR) is 92.3 cm³/mol. The van der Waals surface area contributed by atoms with Gasteiger partial charge in [-0.1, -0.05) is 30.3 Å². The van der Waals surface area contributed by atoms with Crippen LogP contribution in [-0.2, 0) is 11.2 Å². The number of hydrogen-bond acceptors (Lipinski definition) is 2. The Labute approximate surface area is 139 Å². The minimum absolute atomic E-state index is 0. The van der Waals surface area contributed by atoms with Crippen molar-refractivity contribution in [2.75, 3.05) is 19.6 Å². The summed E-state index contributed by atoms with van der Waals surface area (Å²) in [5.41, 5.74) is 1.38. The SMILES string of the molecule is Cl.O=C(CNCC1CC1)N1CCCC1CCc1ccccc1. The van der Waals surface area contributed by atoms with Crippen LogP contribution < -0.4 is 5.32 Å². The highest BCUT2D eigenvalue weighted by atomic mass is 35.5. The second kappa shape index (κ2) is 8.54. The highest BCUT2D eigenvalue weighted by Crippen LogP contribution is 2.27. The Morgan fingerprint density at radius 1 is 1.18 bits per heavy atom. The van der Waals surface area contributed by atoms with Crippen LogP contribution in [0.25, 0.3) is 0 Å². The molecule has 1 amide bonds. The summed E-state index contributed by atoms with van der Waals surface area (Å²) in [7, 11) is 0. The number of halogens is 1. The summed E-state index contributed by atoms with van der Waals surface area (Å²) in [4.78, 5) is 14.4. The molecule has 1 saturated heterocycles. The lowest BCUT2D eigenvalue weighted by molar-refractivity contribution is -0.131. The average Bonchev–Trinajstić information content (AvgIpc) is 3.21. The molecule has 1 aliphatic heterocycles. The smallest absolute Gasteiger partial charge is 0.236 e. The summed E-state index contributed by atoms with van der Waals surface area (Å²) in [6.07, 6.45) is 7.17. The Bertz CT molecular complexity index is 461. The topological polar surface area (TPSA) is 32.3 Å². The summed E-state index contributed by atoms with van der Waals surface area (Å²) in [5, 5.41) is 3.33. The van der Waals surface area contributed by atoms with Gasteiger partial charge in [-0.2, -0.15) is 0 Å². The first kappa shape index (κ1) is 17.3. The quantitative estimate of drug-likeness (QED) is 0.837. The van der Waals surface area contributed by atoms with Crippen LogP contribution >= 0.6 is 12.4 Å². The molecule has 2 aliphatic rings. The molecule has 1 aromatic carbocycles. The molecule has 1 aromatic rings. The highest BCUT2D eigenvalue weighted by molar-refractivity contribution is 5.85. The molecule has 1 N–H and O–H groups in total. The summed E-state index contributed by atoms with van der Waals surface area (Å²) < 4.78 is 0. The van der Waals surface area contributed by atoms with Gasteiger partial charge in [0.2, 0.25) is 5.91 Å². The average molecular weight is 323 g/mol. The van der Waals surface area contributed by atoms with Crippen LogP contribution in [0, 0.1) is 5.92 Å². The zero-order valence-corrected chi connectivity index (χ0v) is 14.0. The molecular weight excluding hydrogens is 296 g/mol. The maximum Gasteiger partial charge on any atom is 0.236 e. The van der Waals surface area contributed by atoms with Crippen molar-refractivity contribution < 1.29 is 4.79 Å². The van der Waals surface area contributed by atoms with E-state index in [4.69, 9.17) is 0 Å². The number of benzene rings is 1. The number of aryl methyl sites for hydroxylation is 1. The van der Waals surface area contributed by atoms with E-state index in [9.17, 15) is 4.79 Å². The molecule has 3 rings (SSSR count). The normalized spacial score (nSPS) is 20.7. The zero-order chi connectivity index (χ0) is 14.5. The molecule has 0 bridgehead atoms. The molecule has 122 valence electrons. The molecule has 1 aliphatic carbocycles. The van der Waals surface area contributed by atoms with E-state index in [-0.39, 0.29) is 12.4 Å². The lowest BCUT2D eigenvalue weighted by Gasteiger charge is -2.25. The highest BCUT2D eigenvalue weighted by Gasteiger charge is 2.28. The van der Waals surface area contributed by atoms with E-state index in [2.05, 4.69) is 40.5 Å². The molecule has 3 nitrogen and oxygen atoms in total. The second-order valence-electron chi connectivity index (χ2n) is 6.48. The second-order valence-corrected chi connectivity index (χ2v) is 6.48. The maximum absolute atomic E-state index is 12.3. The number of nitrogens with one attached hydrogen (secondary N) is 1. The molecule has 1 saturated carbocycles. The third-order valence-corrected chi connectivity index (χ3v) is 4.71. The Hall–Kier alpha value is -1.06. The van der Waals surface area contributed by atoms with Gasteiger partial charge in [0.15, 0.2) is 0 Å². The number of carbonyl (C=O) groups excluding carboxylic acids is 1. The summed E-state index contributed by atoms with van der Waals surface area (Å²) >= 11 is 0. The van der Waals surface area contributed by atoms with Gasteiger partial charge in [-0.3, -0.25) is 4.79 Å². The van der Waals surface area contributed by atoms with E-state index in [0.717, 1.165) is 38.3 Å². The molecule has 0 aromatic heterocycles. The van der Waals surface area contributed by atoms with Crippen molar-refractivity contribution in [1.29, 1.82) is 0 Å². The number of hydrogen-bond donors (Lipinski definition) is 1. The fourth-order valence-corrected chi connectivity index (χ4v) is 3.25. The van der Waals surface area contributed by atoms with Gasteiger partial charge in [0, 0.05) is 12.6 Å². The fourth-order valence-electron chi connectivity index (χ4n) is 3.25. The van der Waals surface area contributed by atoms with E-state index in [1.807, 2.05) is 0 Å². The first-order chi connectivity index (χ1) is 10.3. The first-order valence-electron chi connectivity index (χ1n) is 8.37. The van der Waals surface area contributed by atoms with Crippen LogP contribution in [0.1, 0.15) is 37.7 Å². The predicted octanol–water partition coefficient (Wildman–Crippen LogP) is 3.03. The standard InChI is InChI=1S/C18H26N2O.ClH/c21-18(14-19-13-16-8-9-16)20-12-4-7-17(20)11-10-15-5-2-1-3-6-15;/h1-3,5-6,16-17,19H,4,7-14H2;1H. The van der Waals surface area contributed by atoms with Crippen molar-refractivity contribution in [1.82, 2.24) is 10.2 Å². The van der Waals surface area contributed by atoms with Crippen LogP contribution in [0.3, 0.4) is 0 Å². The van der Waals surface area contributed by atoms with Gasteiger partial charge in [0.05, 0.1) is 6.54 Å². The maximum atomic E-state index is 12.3. The summed E-state index contributed by atoms with van der Waals surface area (Å²) in [6, 6.07) is 11.0. The van der Waals surface area contributed by atoms with Crippen LogP contribution in [-0.4, -0.2) is 36.5 Å². The molecule has 0 spiro atoms. The van der Waals surface area contributed by atoms with Gasteiger partial charge in [-0.15, -0.1) is 12.4 Å². The first-order valence-corrected chi connectivity index (χ1v) is 8.37. The van der Waals surface area contributed by atoms with Gasteiger partial charge >= 0.3 is 0 Å². The van der Waals surface area contributed by atoms with Crippen molar-refractivity contribution >= 4 is 18.3 Å². The lowest BCUT2D eigenvalue weighted by atomic mass is 10.0. The van der Waals surface area contributed by atoms with E-state index >= 15 is 0 Å². The van der Waals surface area contributed by atoms with Crippen LogP contribution in [0.2, 0.25) is 0 Å². The molecule has 0 radical (unpaired) electrons. The molecule has 1 heterocycles. The lowest BCUT2D eigenvalue weighted by Crippen LogP contribution is -2.41. The van der Waals surface area contributed by atoms with Gasteiger partial charge in [-0.25, -0.2) is 0 Å². The molecular formula is C18H27ClN2O. The molecule has 2 fully saturated rings. The van der Waals surface area contributed by atoms with Crippen LogP contribution in [0.4, 0.5) is 0 Å². The number of carbonyl (C=O) groups is 1. The monoisotopic (exact) mass is 322 g/mol. The van der Waals surface area contributed by atoms with E-state index in [1.165, 1.54) is 24.8 Å². The Morgan fingerprint density at radius 2 is 1.95 bits per heavy atom. The van der Waals surface area contributed by atoms with Crippen LogP contribution in [0.5, 0.6) is 0 Å². The third kappa shape index (κ3) is 4.99. The number of amides is 1. The number of nitrogens with zero attached hydrogens (tertiary/aromatic N) is 1. The van der Waals surface area contributed by atoms with E-state index < -0.39 is 0 Å². The molecule has 1 unspecified atom stereocenters. The summed E-state index contributed by atoms with van der Waals surface area (Å²) in [5.74, 6) is 1.14.